The number of anilines is 1. The zero-order valence-electron chi connectivity index (χ0n) is 23.1. The molecule has 0 aromatic heterocycles. The topological polar surface area (TPSA) is 86.8 Å². The molecule has 0 radical (unpaired) electrons. The Balaban J connectivity index is 2.09. The predicted molar refractivity (Wildman–Crippen MR) is 162 cm³/mol. The van der Waals surface area contributed by atoms with Crippen LogP contribution in [-0.2, 0) is 32.6 Å². The molecule has 7 nitrogen and oxygen atoms in total. The van der Waals surface area contributed by atoms with Crippen LogP contribution in [0.25, 0.3) is 0 Å². The quantitative estimate of drug-likeness (QED) is 0.291. The average molecular weight is 605 g/mol. The Hall–Kier alpha value is -3.07. The fraction of sp³-hybridized carbons (Fsp3) is 0.333. The molecule has 2 unspecified atom stereocenters. The van der Waals surface area contributed by atoms with Gasteiger partial charge in [-0.05, 0) is 55.2 Å². The third kappa shape index (κ3) is 8.46. The first-order valence-corrected chi connectivity index (χ1v) is 15.6. The second-order valence-corrected chi connectivity index (χ2v) is 12.6. The molecule has 1 N–H and O–H groups in total. The molecule has 3 aromatic carbocycles. The summed E-state index contributed by atoms with van der Waals surface area (Å²) in [6.45, 7) is 5.18. The maximum Gasteiger partial charge on any atom is 0.244 e. The first-order valence-electron chi connectivity index (χ1n) is 13.0. The van der Waals surface area contributed by atoms with Gasteiger partial charge in [-0.1, -0.05) is 84.7 Å². The van der Waals surface area contributed by atoms with Gasteiger partial charge in [0.2, 0.25) is 21.8 Å². The van der Waals surface area contributed by atoms with E-state index in [-0.39, 0.29) is 24.9 Å². The molecule has 0 bridgehead atoms. The SMILES string of the molecule is CCC(C)NC(=O)C(Cc1ccccc1)N(Cc1ccc(Cl)c(Cl)c1)C(=O)CN(c1ccccc1C)S(C)(=O)=O. The fourth-order valence-electron chi connectivity index (χ4n) is 4.27. The van der Waals surface area contributed by atoms with E-state index in [0.717, 1.165) is 16.1 Å². The smallest absolute Gasteiger partial charge is 0.244 e. The Morgan fingerprint density at radius 3 is 2.17 bits per heavy atom. The molecular formula is C30H35Cl2N3O4S. The Bertz CT molecular complexity index is 1430. The number of nitrogens with zero attached hydrogens (tertiary/aromatic N) is 2. The molecule has 0 fully saturated rings. The van der Waals surface area contributed by atoms with E-state index in [1.807, 2.05) is 44.2 Å². The van der Waals surface area contributed by atoms with E-state index >= 15 is 0 Å². The van der Waals surface area contributed by atoms with Crippen molar-refractivity contribution in [3.8, 4) is 0 Å². The number of hydrogen-bond acceptors (Lipinski definition) is 4. The molecular weight excluding hydrogens is 569 g/mol. The van der Waals surface area contributed by atoms with Crippen LogP contribution in [0.3, 0.4) is 0 Å². The minimum Gasteiger partial charge on any atom is -0.352 e. The summed E-state index contributed by atoms with van der Waals surface area (Å²) in [4.78, 5) is 29.2. The molecule has 40 heavy (non-hydrogen) atoms. The van der Waals surface area contributed by atoms with Crippen LogP contribution in [0.4, 0.5) is 5.69 Å². The van der Waals surface area contributed by atoms with E-state index in [1.165, 1.54) is 4.90 Å². The molecule has 0 saturated carbocycles. The Morgan fingerprint density at radius 1 is 0.925 bits per heavy atom. The summed E-state index contributed by atoms with van der Waals surface area (Å²) < 4.78 is 26.9. The number of carbonyl (C=O) groups is 2. The summed E-state index contributed by atoms with van der Waals surface area (Å²) in [7, 11) is -3.84. The van der Waals surface area contributed by atoms with Gasteiger partial charge in [0.25, 0.3) is 0 Å². The lowest BCUT2D eigenvalue weighted by Crippen LogP contribution is -2.54. The summed E-state index contributed by atoms with van der Waals surface area (Å²) in [5.41, 5.74) is 2.61. The van der Waals surface area contributed by atoms with Crippen molar-refractivity contribution in [3.63, 3.8) is 0 Å². The van der Waals surface area contributed by atoms with Crippen molar-refractivity contribution in [2.45, 2.75) is 52.2 Å². The molecule has 0 heterocycles. The van der Waals surface area contributed by atoms with Crippen LogP contribution in [-0.4, -0.2) is 50.0 Å². The number of rotatable bonds is 12. The molecule has 2 atom stereocenters. The van der Waals surface area contributed by atoms with E-state index in [9.17, 15) is 18.0 Å². The zero-order valence-corrected chi connectivity index (χ0v) is 25.4. The first kappa shape index (κ1) is 31.5. The van der Waals surface area contributed by atoms with Crippen molar-refractivity contribution in [1.82, 2.24) is 10.2 Å². The van der Waals surface area contributed by atoms with E-state index < -0.39 is 28.5 Å². The van der Waals surface area contributed by atoms with Gasteiger partial charge in [0.05, 0.1) is 22.0 Å². The number of sulfonamides is 1. The van der Waals surface area contributed by atoms with Crippen molar-refractivity contribution >= 4 is 50.7 Å². The maximum atomic E-state index is 14.1. The van der Waals surface area contributed by atoms with Gasteiger partial charge in [-0.15, -0.1) is 0 Å². The number of aryl methyl sites for hydroxylation is 1. The largest absolute Gasteiger partial charge is 0.352 e. The van der Waals surface area contributed by atoms with Gasteiger partial charge in [-0.2, -0.15) is 0 Å². The zero-order chi connectivity index (χ0) is 29.4. The van der Waals surface area contributed by atoms with Crippen LogP contribution in [0, 0.1) is 6.92 Å². The summed E-state index contributed by atoms with van der Waals surface area (Å²) in [6, 6.07) is 20.3. The van der Waals surface area contributed by atoms with Crippen LogP contribution in [0.2, 0.25) is 10.0 Å². The van der Waals surface area contributed by atoms with Crippen LogP contribution >= 0.6 is 23.2 Å². The summed E-state index contributed by atoms with van der Waals surface area (Å²) in [5.74, 6) is -0.853. The highest BCUT2D eigenvalue weighted by Crippen LogP contribution is 2.26. The lowest BCUT2D eigenvalue weighted by Gasteiger charge is -2.34. The lowest BCUT2D eigenvalue weighted by atomic mass is 10.0. The minimum atomic E-state index is -3.84. The number of para-hydroxylation sites is 1. The van der Waals surface area contributed by atoms with E-state index in [2.05, 4.69) is 5.32 Å². The molecule has 0 saturated heterocycles. The van der Waals surface area contributed by atoms with E-state index in [1.54, 1.807) is 49.4 Å². The standard InChI is InChI=1S/C30H35Cl2N3O4S/c1-5-22(3)33-30(37)28(18-23-12-7-6-8-13-23)34(19-24-15-16-25(31)26(32)17-24)29(36)20-35(40(4,38)39)27-14-10-9-11-21(27)2/h6-17,22,28H,5,18-20H2,1-4H3,(H,33,37). The van der Waals surface area contributed by atoms with E-state index in [0.29, 0.717) is 33.3 Å². The fourth-order valence-corrected chi connectivity index (χ4v) is 5.50. The van der Waals surface area contributed by atoms with Gasteiger partial charge >= 0.3 is 0 Å². The van der Waals surface area contributed by atoms with Crippen molar-refractivity contribution in [2.75, 3.05) is 17.1 Å². The second kappa shape index (κ2) is 14.0. The van der Waals surface area contributed by atoms with Gasteiger partial charge in [0.1, 0.15) is 12.6 Å². The average Bonchev–Trinajstić information content (AvgIpc) is 2.91. The van der Waals surface area contributed by atoms with Crippen molar-refractivity contribution in [2.24, 2.45) is 0 Å². The highest BCUT2D eigenvalue weighted by atomic mass is 35.5. The molecule has 3 rings (SSSR count). The Kier molecular flexibility index (Phi) is 11.0. The second-order valence-electron chi connectivity index (χ2n) is 9.85. The van der Waals surface area contributed by atoms with Gasteiger partial charge in [-0.25, -0.2) is 8.42 Å². The number of halogens is 2. The summed E-state index contributed by atoms with van der Waals surface area (Å²) in [5, 5.41) is 3.68. The van der Waals surface area contributed by atoms with Crippen LogP contribution in [0.5, 0.6) is 0 Å². The van der Waals surface area contributed by atoms with E-state index in [4.69, 9.17) is 23.2 Å². The molecule has 3 aromatic rings. The molecule has 0 aliphatic carbocycles. The number of hydrogen-bond donors (Lipinski definition) is 1. The third-order valence-corrected chi connectivity index (χ3v) is 8.54. The molecule has 214 valence electrons. The number of carbonyl (C=O) groups excluding carboxylic acids is 2. The van der Waals surface area contributed by atoms with Crippen molar-refractivity contribution in [1.29, 1.82) is 0 Å². The highest BCUT2D eigenvalue weighted by molar-refractivity contribution is 7.92. The van der Waals surface area contributed by atoms with Crippen LogP contribution < -0.4 is 9.62 Å². The Morgan fingerprint density at radius 2 is 1.57 bits per heavy atom. The van der Waals surface area contributed by atoms with Crippen molar-refractivity contribution in [3.05, 3.63) is 99.5 Å². The monoisotopic (exact) mass is 603 g/mol. The molecule has 10 heteroatoms. The molecule has 0 spiro atoms. The third-order valence-electron chi connectivity index (χ3n) is 6.67. The first-order chi connectivity index (χ1) is 18.9. The normalized spacial score (nSPS) is 12.8. The van der Waals surface area contributed by atoms with Crippen LogP contribution in [0.1, 0.15) is 37.0 Å². The molecule has 0 aliphatic rings. The maximum absolute atomic E-state index is 14.1. The van der Waals surface area contributed by atoms with Crippen molar-refractivity contribution < 1.29 is 18.0 Å². The van der Waals surface area contributed by atoms with Gasteiger partial charge in [0, 0.05) is 19.0 Å². The minimum absolute atomic E-state index is 0.0204. The summed E-state index contributed by atoms with van der Waals surface area (Å²) in [6.07, 6.45) is 2.01. The Labute approximate surface area is 247 Å². The lowest BCUT2D eigenvalue weighted by molar-refractivity contribution is -0.140. The van der Waals surface area contributed by atoms with Gasteiger partial charge in [0.15, 0.2) is 0 Å². The number of benzene rings is 3. The van der Waals surface area contributed by atoms with Gasteiger partial charge in [-0.3, -0.25) is 13.9 Å². The predicted octanol–water partition coefficient (Wildman–Crippen LogP) is 5.62. The molecule has 2 amide bonds. The van der Waals surface area contributed by atoms with Crippen LogP contribution in [0.15, 0.2) is 72.8 Å². The molecule has 0 aliphatic heterocycles. The number of nitrogens with one attached hydrogen (secondary N) is 1. The van der Waals surface area contributed by atoms with Gasteiger partial charge < -0.3 is 10.2 Å². The number of amides is 2. The summed E-state index contributed by atoms with van der Waals surface area (Å²) >= 11 is 12.4. The highest BCUT2D eigenvalue weighted by Gasteiger charge is 2.33.